The standard InChI is InChI=1S/C12H15F2NO/c13-9-3-1-2-8(11(9)14)12(16)10(15)6-7-4-5-7/h1-3,7,10,12,16H,4-6,15H2. The van der Waals surface area contributed by atoms with Crippen LogP contribution < -0.4 is 5.73 Å². The number of benzene rings is 1. The number of nitrogens with two attached hydrogens (primary N) is 1. The minimum Gasteiger partial charge on any atom is -0.387 e. The van der Waals surface area contributed by atoms with Gasteiger partial charge >= 0.3 is 0 Å². The first-order valence-electron chi connectivity index (χ1n) is 5.47. The molecule has 1 aliphatic carbocycles. The Balaban J connectivity index is 2.12. The number of rotatable bonds is 4. The van der Waals surface area contributed by atoms with Crippen molar-refractivity contribution in [1.29, 1.82) is 0 Å². The Labute approximate surface area is 93.1 Å². The highest BCUT2D eigenvalue weighted by molar-refractivity contribution is 5.22. The highest BCUT2D eigenvalue weighted by Crippen LogP contribution is 2.35. The molecular weight excluding hydrogens is 212 g/mol. The Morgan fingerprint density at radius 3 is 2.69 bits per heavy atom. The summed E-state index contributed by atoms with van der Waals surface area (Å²) in [6.45, 7) is 0. The third-order valence-corrected chi connectivity index (χ3v) is 3.01. The quantitative estimate of drug-likeness (QED) is 0.827. The van der Waals surface area contributed by atoms with E-state index in [2.05, 4.69) is 0 Å². The summed E-state index contributed by atoms with van der Waals surface area (Å²) in [6, 6.07) is 3.25. The van der Waals surface area contributed by atoms with Crippen molar-refractivity contribution >= 4 is 0 Å². The fourth-order valence-corrected chi connectivity index (χ4v) is 1.85. The molecule has 16 heavy (non-hydrogen) atoms. The first-order chi connectivity index (χ1) is 7.59. The van der Waals surface area contributed by atoms with Crippen molar-refractivity contribution in [2.24, 2.45) is 11.7 Å². The van der Waals surface area contributed by atoms with E-state index < -0.39 is 23.8 Å². The number of hydrogen-bond acceptors (Lipinski definition) is 2. The topological polar surface area (TPSA) is 46.2 Å². The molecule has 0 saturated heterocycles. The molecule has 1 aliphatic rings. The first-order valence-corrected chi connectivity index (χ1v) is 5.47. The molecule has 0 heterocycles. The highest BCUT2D eigenvalue weighted by Gasteiger charge is 2.29. The van der Waals surface area contributed by atoms with Gasteiger partial charge in [-0.3, -0.25) is 0 Å². The van der Waals surface area contributed by atoms with Crippen molar-refractivity contribution in [3.63, 3.8) is 0 Å². The van der Waals surface area contributed by atoms with Gasteiger partial charge in [0.25, 0.3) is 0 Å². The summed E-state index contributed by atoms with van der Waals surface area (Å²) in [7, 11) is 0. The van der Waals surface area contributed by atoms with Crippen LogP contribution in [0.4, 0.5) is 8.78 Å². The molecule has 0 aliphatic heterocycles. The largest absolute Gasteiger partial charge is 0.387 e. The van der Waals surface area contributed by atoms with Gasteiger partial charge in [0.1, 0.15) is 0 Å². The molecule has 4 heteroatoms. The summed E-state index contributed by atoms with van der Waals surface area (Å²) in [5.41, 5.74) is 5.72. The zero-order valence-electron chi connectivity index (χ0n) is 8.87. The average Bonchev–Trinajstić information content (AvgIpc) is 3.05. The number of aliphatic hydroxyl groups excluding tert-OH is 1. The van der Waals surface area contributed by atoms with Crippen molar-refractivity contribution in [1.82, 2.24) is 0 Å². The van der Waals surface area contributed by atoms with Crippen LogP contribution in [0.15, 0.2) is 18.2 Å². The summed E-state index contributed by atoms with van der Waals surface area (Å²) >= 11 is 0. The van der Waals surface area contributed by atoms with E-state index >= 15 is 0 Å². The molecule has 0 amide bonds. The van der Waals surface area contributed by atoms with Crippen molar-refractivity contribution in [2.45, 2.75) is 31.4 Å². The summed E-state index contributed by atoms with van der Waals surface area (Å²) in [5, 5.41) is 9.84. The first kappa shape index (κ1) is 11.5. The third-order valence-electron chi connectivity index (χ3n) is 3.01. The zero-order valence-corrected chi connectivity index (χ0v) is 8.87. The predicted molar refractivity (Wildman–Crippen MR) is 56.6 cm³/mol. The maximum atomic E-state index is 13.4. The molecule has 2 rings (SSSR count). The molecule has 3 N–H and O–H groups in total. The fourth-order valence-electron chi connectivity index (χ4n) is 1.85. The van der Waals surface area contributed by atoms with Crippen LogP contribution in [0, 0.1) is 17.6 Å². The van der Waals surface area contributed by atoms with Crippen molar-refractivity contribution in [2.75, 3.05) is 0 Å². The second-order valence-electron chi connectivity index (χ2n) is 4.43. The van der Waals surface area contributed by atoms with Crippen LogP contribution in [0.1, 0.15) is 30.9 Å². The van der Waals surface area contributed by atoms with Gasteiger partial charge in [-0.05, 0) is 18.4 Å². The van der Waals surface area contributed by atoms with Gasteiger partial charge < -0.3 is 10.8 Å². The monoisotopic (exact) mass is 227 g/mol. The van der Waals surface area contributed by atoms with Crippen LogP contribution in [0.5, 0.6) is 0 Å². The highest BCUT2D eigenvalue weighted by atomic mass is 19.2. The molecule has 0 bridgehead atoms. The lowest BCUT2D eigenvalue weighted by Crippen LogP contribution is -2.29. The second-order valence-corrected chi connectivity index (χ2v) is 4.43. The molecule has 0 aromatic heterocycles. The van der Waals surface area contributed by atoms with E-state index in [0.29, 0.717) is 12.3 Å². The zero-order chi connectivity index (χ0) is 11.7. The molecule has 2 unspecified atom stereocenters. The Bertz CT molecular complexity index is 379. The molecule has 1 aromatic carbocycles. The van der Waals surface area contributed by atoms with E-state index in [0.717, 1.165) is 18.9 Å². The van der Waals surface area contributed by atoms with E-state index in [9.17, 15) is 13.9 Å². The van der Waals surface area contributed by atoms with E-state index in [1.807, 2.05) is 0 Å². The van der Waals surface area contributed by atoms with Crippen molar-refractivity contribution in [3.8, 4) is 0 Å². The van der Waals surface area contributed by atoms with Crippen LogP contribution in [-0.4, -0.2) is 11.1 Å². The predicted octanol–water partition coefficient (Wildman–Crippen LogP) is 2.13. The number of halogens is 2. The lowest BCUT2D eigenvalue weighted by Gasteiger charge is -2.19. The molecule has 0 spiro atoms. The summed E-state index contributed by atoms with van der Waals surface area (Å²) < 4.78 is 26.3. The van der Waals surface area contributed by atoms with E-state index in [-0.39, 0.29) is 5.56 Å². The lowest BCUT2D eigenvalue weighted by molar-refractivity contribution is 0.134. The minimum absolute atomic E-state index is 0.0480. The van der Waals surface area contributed by atoms with Gasteiger partial charge in [-0.2, -0.15) is 0 Å². The van der Waals surface area contributed by atoms with E-state index in [4.69, 9.17) is 5.73 Å². The van der Waals surface area contributed by atoms with Crippen LogP contribution in [0.3, 0.4) is 0 Å². The van der Waals surface area contributed by atoms with Crippen LogP contribution >= 0.6 is 0 Å². The Morgan fingerprint density at radius 2 is 2.06 bits per heavy atom. The summed E-state index contributed by atoms with van der Waals surface area (Å²) in [5.74, 6) is -1.40. The maximum Gasteiger partial charge on any atom is 0.164 e. The molecule has 1 saturated carbocycles. The molecule has 88 valence electrons. The van der Waals surface area contributed by atoms with Gasteiger partial charge in [-0.1, -0.05) is 25.0 Å². The normalized spacial score (nSPS) is 19.5. The van der Waals surface area contributed by atoms with E-state index in [1.54, 1.807) is 0 Å². The molecule has 0 radical (unpaired) electrons. The van der Waals surface area contributed by atoms with E-state index in [1.165, 1.54) is 12.1 Å². The SMILES string of the molecule is NC(CC1CC1)C(O)c1cccc(F)c1F. The van der Waals surface area contributed by atoms with Gasteiger partial charge in [-0.25, -0.2) is 8.78 Å². The second kappa shape index (κ2) is 4.47. The Hall–Kier alpha value is -1.00. The Kier molecular flexibility index (Phi) is 3.21. The van der Waals surface area contributed by atoms with Crippen molar-refractivity contribution < 1.29 is 13.9 Å². The van der Waals surface area contributed by atoms with Gasteiger partial charge in [0, 0.05) is 11.6 Å². The molecule has 2 nitrogen and oxygen atoms in total. The molecule has 1 aromatic rings. The summed E-state index contributed by atoms with van der Waals surface area (Å²) in [6.07, 6.45) is 1.77. The van der Waals surface area contributed by atoms with Gasteiger partial charge in [0.05, 0.1) is 6.10 Å². The lowest BCUT2D eigenvalue weighted by atomic mass is 9.98. The fraction of sp³-hybridized carbons (Fsp3) is 0.500. The number of aliphatic hydroxyl groups is 1. The Morgan fingerprint density at radius 1 is 1.38 bits per heavy atom. The maximum absolute atomic E-state index is 13.4. The van der Waals surface area contributed by atoms with Gasteiger partial charge in [0.15, 0.2) is 11.6 Å². The smallest absolute Gasteiger partial charge is 0.164 e. The van der Waals surface area contributed by atoms with Crippen molar-refractivity contribution in [3.05, 3.63) is 35.4 Å². The molecule has 2 atom stereocenters. The minimum atomic E-state index is -1.13. The number of hydrogen-bond donors (Lipinski definition) is 2. The van der Waals surface area contributed by atoms with Crippen LogP contribution in [0.2, 0.25) is 0 Å². The van der Waals surface area contributed by atoms with Gasteiger partial charge in [0.2, 0.25) is 0 Å². The van der Waals surface area contributed by atoms with Crippen LogP contribution in [0.25, 0.3) is 0 Å². The average molecular weight is 227 g/mol. The molecular formula is C12H15F2NO. The molecule has 1 fully saturated rings. The van der Waals surface area contributed by atoms with Gasteiger partial charge in [-0.15, -0.1) is 0 Å². The third kappa shape index (κ3) is 2.39. The summed E-state index contributed by atoms with van der Waals surface area (Å²) in [4.78, 5) is 0. The van der Waals surface area contributed by atoms with Crippen LogP contribution in [-0.2, 0) is 0 Å².